The van der Waals surface area contributed by atoms with Crippen LogP contribution in [0.1, 0.15) is 0 Å². The summed E-state index contributed by atoms with van der Waals surface area (Å²) in [5, 5.41) is 4.68. The molecule has 0 radical (unpaired) electrons. The third kappa shape index (κ3) is 2.51. The summed E-state index contributed by atoms with van der Waals surface area (Å²) in [6, 6.07) is 19.3. The number of fused-ring (bicyclic) bond motifs is 3. The maximum atomic E-state index is 4.49. The van der Waals surface area contributed by atoms with E-state index in [4.69, 9.17) is 0 Å². The summed E-state index contributed by atoms with van der Waals surface area (Å²) in [6.07, 6.45) is 3.71. The molecule has 0 aliphatic rings. The van der Waals surface area contributed by atoms with Gasteiger partial charge in [-0.3, -0.25) is 4.98 Å². The Bertz CT molecular complexity index is 1410. The second kappa shape index (κ2) is 5.96. The first-order valence-corrected chi connectivity index (χ1v) is 11.1. The van der Waals surface area contributed by atoms with Gasteiger partial charge in [-0.2, -0.15) is 0 Å². The molecule has 5 heterocycles. The molecule has 0 aliphatic carbocycles. The Kier molecular flexibility index (Phi) is 3.41. The maximum absolute atomic E-state index is 4.49. The fourth-order valence-electron chi connectivity index (χ4n) is 3.37. The molecular weight excluding hydrogens is 388 g/mol. The average molecular weight is 401 g/mol. The monoisotopic (exact) mass is 400 g/mol. The van der Waals surface area contributed by atoms with E-state index in [2.05, 4.69) is 57.8 Å². The largest absolute Gasteiger partial charge is 0.256 e. The van der Waals surface area contributed by atoms with Crippen LogP contribution < -0.4 is 0 Å². The van der Waals surface area contributed by atoms with Gasteiger partial charge in [-0.25, -0.2) is 4.98 Å². The van der Waals surface area contributed by atoms with Crippen molar-refractivity contribution in [2.45, 2.75) is 0 Å². The van der Waals surface area contributed by atoms with Gasteiger partial charge in [-0.15, -0.1) is 34.0 Å². The van der Waals surface area contributed by atoms with Gasteiger partial charge >= 0.3 is 0 Å². The molecule has 0 atom stereocenters. The van der Waals surface area contributed by atoms with Crippen LogP contribution in [0.5, 0.6) is 0 Å². The van der Waals surface area contributed by atoms with Crippen molar-refractivity contribution in [3.8, 4) is 20.9 Å². The molecule has 0 aliphatic heterocycles. The van der Waals surface area contributed by atoms with E-state index < -0.39 is 0 Å². The number of pyridine rings is 2. The maximum Gasteiger partial charge on any atom is 0.123 e. The third-order valence-corrected chi connectivity index (χ3v) is 8.06. The highest BCUT2D eigenvalue weighted by molar-refractivity contribution is 7.30. The molecule has 0 unspecified atom stereocenters. The average Bonchev–Trinajstić information content (AvgIpc) is 3.40. The lowest BCUT2D eigenvalue weighted by atomic mass is 10.1. The molecule has 5 heteroatoms. The molecule has 2 nitrogen and oxygen atoms in total. The van der Waals surface area contributed by atoms with Crippen molar-refractivity contribution in [3.05, 3.63) is 72.4 Å². The third-order valence-electron chi connectivity index (χ3n) is 4.69. The summed E-state index contributed by atoms with van der Waals surface area (Å²) in [5.74, 6) is 0. The Hall–Kier alpha value is -2.60. The van der Waals surface area contributed by atoms with Gasteiger partial charge < -0.3 is 0 Å². The van der Waals surface area contributed by atoms with E-state index in [1.807, 2.05) is 47.2 Å². The Balaban J connectivity index is 1.50. The number of thiophene rings is 3. The standard InChI is InChI=1S/C22H12N2S3/c1-3-13-9-14(5-6-17(13)23-7-1)18-11-20-21(26-18)16(12-25-20)19-10-15-4-2-8-24-22(15)27-19/h1-12H. The summed E-state index contributed by atoms with van der Waals surface area (Å²) in [6.45, 7) is 0. The zero-order valence-electron chi connectivity index (χ0n) is 14.0. The molecule has 1 aromatic carbocycles. The van der Waals surface area contributed by atoms with Gasteiger partial charge in [-0.05, 0) is 42.0 Å². The summed E-state index contributed by atoms with van der Waals surface area (Å²) in [7, 11) is 0. The molecule has 0 N–H and O–H groups in total. The van der Waals surface area contributed by atoms with Crippen LogP contribution >= 0.6 is 34.0 Å². The van der Waals surface area contributed by atoms with Gasteiger partial charge in [-0.1, -0.05) is 18.2 Å². The lowest BCUT2D eigenvalue weighted by Crippen LogP contribution is -1.78. The van der Waals surface area contributed by atoms with Gasteiger partial charge in [0.25, 0.3) is 0 Å². The quantitative estimate of drug-likeness (QED) is 0.301. The van der Waals surface area contributed by atoms with Gasteiger partial charge in [0.1, 0.15) is 4.83 Å². The first kappa shape index (κ1) is 15.5. The molecule has 0 bridgehead atoms. The SMILES string of the molecule is c1cnc2ccc(-c3cc4scc(-c5cc6cccnc6s5)c4s3)cc2c1. The van der Waals surface area contributed by atoms with Crippen molar-refractivity contribution < 1.29 is 0 Å². The van der Waals surface area contributed by atoms with Crippen LogP contribution in [-0.2, 0) is 0 Å². The van der Waals surface area contributed by atoms with E-state index in [0.717, 1.165) is 10.3 Å². The van der Waals surface area contributed by atoms with Gasteiger partial charge in [0, 0.05) is 48.6 Å². The highest BCUT2D eigenvalue weighted by atomic mass is 32.1. The normalized spacial score (nSPS) is 11.7. The molecule has 0 fully saturated rings. The van der Waals surface area contributed by atoms with E-state index in [1.54, 1.807) is 11.3 Å². The number of hydrogen-bond donors (Lipinski definition) is 0. The highest BCUT2D eigenvalue weighted by Crippen LogP contribution is 2.45. The van der Waals surface area contributed by atoms with Crippen molar-refractivity contribution in [2.24, 2.45) is 0 Å². The van der Waals surface area contributed by atoms with Gasteiger partial charge in [0.15, 0.2) is 0 Å². The van der Waals surface area contributed by atoms with E-state index in [0.29, 0.717) is 0 Å². The minimum Gasteiger partial charge on any atom is -0.256 e. The smallest absolute Gasteiger partial charge is 0.123 e. The van der Waals surface area contributed by atoms with Crippen LogP contribution in [0.4, 0.5) is 0 Å². The fourth-order valence-corrected chi connectivity index (χ4v) is 6.93. The van der Waals surface area contributed by atoms with Crippen LogP contribution in [0, 0.1) is 0 Å². The lowest BCUT2D eigenvalue weighted by molar-refractivity contribution is 1.41. The summed E-state index contributed by atoms with van der Waals surface area (Å²) in [5.41, 5.74) is 3.63. The predicted molar refractivity (Wildman–Crippen MR) is 119 cm³/mol. The highest BCUT2D eigenvalue weighted by Gasteiger charge is 2.14. The van der Waals surface area contributed by atoms with E-state index >= 15 is 0 Å². The predicted octanol–water partition coefficient (Wildman–Crippen LogP) is 7.45. The van der Waals surface area contributed by atoms with Gasteiger partial charge in [0.05, 0.1) is 10.2 Å². The van der Waals surface area contributed by atoms with Gasteiger partial charge in [0.2, 0.25) is 0 Å². The van der Waals surface area contributed by atoms with Crippen molar-refractivity contribution in [3.63, 3.8) is 0 Å². The minimum absolute atomic E-state index is 1.04. The minimum atomic E-state index is 1.04. The second-order valence-electron chi connectivity index (χ2n) is 6.37. The first-order chi connectivity index (χ1) is 13.3. The molecular formula is C22H12N2S3. The lowest BCUT2D eigenvalue weighted by Gasteiger charge is -2.00. The fraction of sp³-hybridized carbons (Fsp3) is 0. The molecule has 6 aromatic rings. The number of hydrogen-bond acceptors (Lipinski definition) is 5. The number of aromatic nitrogens is 2. The van der Waals surface area contributed by atoms with Crippen LogP contribution in [-0.4, -0.2) is 9.97 Å². The zero-order valence-corrected chi connectivity index (χ0v) is 16.5. The number of nitrogens with zero attached hydrogens (tertiary/aromatic N) is 2. The molecule has 0 saturated heterocycles. The van der Waals surface area contributed by atoms with Crippen LogP contribution in [0.25, 0.3) is 51.4 Å². The number of rotatable bonds is 2. The summed E-state index contributed by atoms with van der Waals surface area (Å²) in [4.78, 5) is 12.6. The van der Waals surface area contributed by atoms with Crippen molar-refractivity contribution in [1.82, 2.24) is 9.97 Å². The van der Waals surface area contributed by atoms with E-state index in [-0.39, 0.29) is 0 Å². The zero-order chi connectivity index (χ0) is 17.8. The topological polar surface area (TPSA) is 25.8 Å². The Morgan fingerprint density at radius 3 is 2.56 bits per heavy atom. The van der Waals surface area contributed by atoms with Crippen LogP contribution in [0.15, 0.2) is 72.4 Å². The van der Waals surface area contributed by atoms with Crippen molar-refractivity contribution >= 4 is 64.5 Å². The molecule has 5 aromatic heterocycles. The Labute approximate surface area is 167 Å². The van der Waals surface area contributed by atoms with Crippen molar-refractivity contribution in [2.75, 3.05) is 0 Å². The van der Waals surface area contributed by atoms with E-state index in [9.17, 15) is 0 Å². The second-order valence-corrected chi connectivity index (χ2v) is 9.37. The summed E-state index contributed by atoms with van der Waals surface area (Å²) >= 11 is 5.47. The molecule has 0 amide bonds. The first-order valence-electron chi connectivity index (χ1n) is 8.56. The molecule has 6 rings (SSSR count). The van der Waals surface area contributed by atoms with Crippen LogP contribution in [0.2, 0.25) is 0 Å². The van der Waals surface area contributed by atoms with E-state index in [1.165, 1.54) is 41.1 Å². The molecule has 27 heavy (non-hydrogen) atoms. The van der Waals surface area contributed by atoms with Crippen LogP contribution in [0.3, 0.4) is 0 Å². The molecule has 0 saturated carbocycles. The molecule has 0 spiro atoms. The Morgan fingerprint density at radius 1 is 0.741 bits per heavy atom. The number of benzene rings is 1. The molecule has 128 valence electrons. The summed E-state index contributed by atoms with van der Waals surface area (Å²) < 4.78 is 2.72. The van der Waals surface area contributed by atoms with Crippen molar-refractivity contribution in [1.29, 1.82) is 0 Å². The Morgan fingerprint density at radius 2 is 1.63 bits per heavy atom.